The second-order valence-corrected chi connectivity index (χ2v) is 11.8. The highest BCUT2D eigenvalue weighted by Gasteiger charge is 2.23. The standard InChI is InChI=1S/C30H30ClNO4S/c1-30(2,33)28-10-5-4-8-24(28)18-25(20-36-37(3,34)35)23-9-6-7-21(17-23)11-15-27-16-13-22-12-14-26(31)19-29(22)32-27/h4-17,19,25,33H,18,20H2,1-3H3. The summed E-state index contributed by atoms with van der Waals surface area (Å²) >= 11 is 6.12. The predicted molar refractivity (Wildman–Crippen MR) is 151 cm³/mol. The van der Waals surface area contributed by atoms with Gasteiger partial charge in [0.15, 0.2) is 0 Å². The molecule has 0 aliphatic rings. The lowest BCUT2D eigenvalue weighted by atomic mass is 9.85. The van der Waals surface area contributed by atoms with Crippen LogP contribution in [0.4, 0.5) is 0 Å². The van der Waals surface area contributed by atoms with Gasteiger partial charge in [-0.3, -0.25) is 4.18 Å². The van der Waals surface area contributed by atoms with Crippen LogP contribution in [0.25, 0.3) is 23.1 Å². The van der Waals surface area contributed by atoms with Crippen molar-refractivity contribution in [1.29, 1.82) is 0 Å². The van der Waals surface area contributed by atoms with Crippen LogP contribution in [0, 0.1) is 0 Å². The van der Waals surface area contributed by atoms with Crippen LogP contribution in [0.15, 0.2) is 78.9 Å². The van der Waals surface area contributed by atoms with Gasteiger partial charge in [-0.15, -0.1) is 0 Å². The van der Waals surface area contributed by atoms with Crippen LogP contribution in [0.3, 0.4) is 0 Å². The number of pyridine rings is 1. The zero-order chi connectivity index (χ0) is 26.6. The minimum Gasteiger partial charge on any atom is -0.386 e. The molecule has 192 valence electrons. The second-order valence-electron chi connectivity index (χ2n) is 9.68. The Morgan fingerprint density at radius 1 is 1.00 bits per heavy atom. The Labute approximate surface area is 223 Å². The van der Waals surface area contributed by atoms with E-state index in [1.165, 1.54) is 0 Å². The molecule has 0 aliphatic heterocycles. The first-order valence-electron chi connectivity index (χ1n) is 12.0. The van der Waals surface area contributed by atoms with Crippen molar-refractivity contribution in [2.45, 2.75) is 31.8 Å². The van der Waals surface area contributed by atoms with Gasteiger partial charge in [0, 0.05) is 16.3 Å². The molecule has 4 rings (SSSR count). The summed E-state index contributed by atoms with van der Waals surface area (Å²) in [5.74, 6) is -0.243. The van der Waals surface area contributed by atoms with E-state index in [9.17, 15) is 13.5 Å². The van der Waals surface area contributed by atoms with Crippen molar-refractivity contribution in [3.05, 3.63) is 112 Å². The van der Waals surface area contributed by atoms with E-state index in [1.54, 1.807) is 13.8 Å². The first-order valence-corrected chi connectivity index (χ1v) is 14.2. The summed E-state index contributed by atoms with van der Waals surface area (Å²) in [5.41, 5.74) is 4.24. The summed E-state index contributed by atoms with van der Waals surface area (Å²) in [4.78, 5) is 4.67. The van der Waals surface area contributed by atoms with Gasteiger partial charge in [-0.25, -0.2) is 4.98 Å². The molecule has 0 amide bonds. The van der Waals surface area contributed by atoms with E-state index in [-0.39, 0.29) is 12.5 Å². The number of aromatic nitrogens is 1. The van der Waals surface area contributed by atoms with Gasteiger partial charge in [0.25, 0.3) is 10.1 Å². The number of benzene rings is 3. The molecule has 1 heterocycles. The smallest absolute Gasteiger partial charge is 0.264 e. The Morgan fingerprint density at radius 3 is 2.51 bits per heavy atom. The third kappa shape index (κ3) is 7.49. The maximum absolute atomic E-state index is 11.8. The number of hydrogen-bond acceptors (Lipinski definition) is 5. The Balaban J connectivity index is 1.63. The number of rotatable bonds is 9. The fourth-order valence-corrected chi connectivity index (χ4v) is 4.91. The largest absolute Gasteiger partial charge is 0.386 e. The van der Waals surface area contributed by atoms with Gasteiger partial charge in [0.1, 0.15) is 0 Å². The zero-order valence-corrected chi connectivity index (χ0v) is 22.6. The van der Waals surface area contributed by atoms with E-state index in [2.05, 4.69) is 4.98 Å². The molecule has 37 heavy (non-hydrogen) atoms. The van der Waals surface area contributed by atoms with Gasteiger partial charge in [-0.2, -0.15) is 8.42 Å². The van der Waals surface area contributed by atoms with E-state index < -0.39 is 15.7 Å². The van der Waals surface area contributed by atoms with Gasteiger partial charge >= 0.3 is 0 Å². The lowest BCUT2D eigenvalue weighted by Crippen LogP contribution is -2.20. The zero-order valence-electron chi connectivity index (χ0n) is 21.1. The SMILES string of the molecule is CC(C)(O)c1ccccc1CC(COS(C)(=O)=O)c1cccc(C=Cc2ccc3ccc(Cl)cc3n2)c1. The van der Waals surface area contributed by atoms with Crippen molar-refractivity contribution in [2.75, 3.05) is 12.9 Å². The van der Waals surface area contributed by atoms with Gasteiger partial charge in [0.05, 0.1) is 29.7 Å². The molecule has 4 aromatic rings. The van der Waals surface area contributed by atoms with E-state index in [0.717, 1.165) is 45.1 Å². The van der Waals surface area contributed by atoms with Crippen LogP contribution < -0.4 is 0 Å². The molecular formula is C30H30ClNO4S. The summed E-state index contributed by atoms with van der Waals surface area (Å²) in [7, 11) is -3.62. The van der Waals surface area contributed by atoms with Crippen molar-refractivity contribution in [3.63, 3.8) is 0 Å². The topological polar surface area (TPSA) is 76.5 Å². The average Bonchev–Trinajstić information content (AvgIpc) is 2.84. The van der Waals surface area contributed by atoms with Gasteiger partial charge in [0.2, 0.25) is 0 Å². The highest BCUT2D eigenvalue weighted by Crippen LogP contribution is 2.30. The summed E-state index contributed by atoms with van der Waals surface area (Å²) in [6.07, 6.45) is 5.47. The molecule has 1 aromatic heterocycles. The number of halogens is 1. The van der Waals surface area contributed by atoms with Crippen molar-refractivity contribution in [1.82, 2.24) is 4.98 Å². The molecule has 1 N–H and O–H groups in total. The molecule has 0 saturated heterocycles. The highest BCUT2D eigenvalue weighted by atomic mass is 35.5. The third-order valence-electron chi connectivity index (χ3n) is 6.13. The van der Waals surface area contributed by atoms with Crippen LogP contribution in [0.2, 0.25) is 5.02 Å². The molecular weight excluding hydrogens is 506 g/mol. The molecule has 0 radical (unpaired) electrons. The van der Waals surface area contributed by atoms with Gasteiger partial charge < -0.3 is 5.11 Å². The fourth-order valence-electron chi connectivity index (χ4n) is 4.34. The molecule has 1 unspecified atom stereocenters. The normalized spacial score (nSPS) is 13.3. The average molecular weight is 536 g/mol. The molecule has 3 aromatic carbocycles. The van der Waals surface area contributed by atoms with Crippen molar-refractivity contribution in [3.8, 4) is 0 Å². The lowest BCUT2D eigenvalue weighted by Gasteiger charge is -2.24. The number of fused-ring (bicyclic) bond motifs is 1. The van der Waals surface area contributed by atoms with Gasteiger partial charge in [-0.05, 0) is 66.8 Å². The third-order valence-corrected chi connectivity index (χ3v) is 6.93. The molecule has 7 heteroatoms. The first-order chi connectivity index (χ1) is 17.5. The van der Waals surface area contributed by atoms with Crippen LogP contribution in [0.1, 0.15) is 47.7 Å². The van der Waals surface area contributed by atoms with Crippen LogP contribution in [0.5, 0.6) is 0 Å². The number of nitrogens with zero attached hydrogens (tertiary/aromatic N) is 1. The number of aliphatic hydroxyl groups is 1. The van der Waals surface area contributed by atoms with Crippen molar-refractivity contribution >= 4 is 44.8 Å². The van der Waals surface area contributed by atoms with E-state index in [0.29, 0.717) is 11.4 Å². The summed E-state index contributed by atoms with van der Waals surface area (Å²) in [5, 5.41) is 12.3. The summed E-state index contributed by atoms with van der Waals surface area (Å²) < 4.78 is 28.8. The fraction of sp³-hybridized carbons (Fsp3) is 0.233. The molecule has 0 saturated carbocycles. The van der Waals surface area contributed by atoms with E-state index in [1.807, 2.05) is 91.0 Å². The van der Waals surface area contributed by atoms with E-state index >= 15 is 0 Å². The lowest BCUT2D eigenvalue weighted by molar-refractivity contribution is 0.0774. The van der Waals surface area contributed by atoms with Crippen LogP contribution in [-0.2, 0) is 26.3 Å². The predicted octanol–water partition coefficient (Wildman–Crippen LogP) is 6.59. The van der Waals surface area contributed by atoms with Crippen molar-refractivity contribution in [2.24, 2.45) is 0 Å². The van der Waals surface area contributed by atoms with Crippen LogP contribution in [-0.4, -0.2) is 31.4 Å². The minimum atomic E-state index is -3.62. The molecule has 0 bridgehead atoms. The molecule has 0 fully saturated rings. The molecule has 5 nitrogen and oxygen atoms in total. The summed E-state index contributed by atoms with van der Waals surface area (Å²) in [6, 6.07) is 25.2. The maximum atomic E-state index is 11.8. The maximum Gasteiger partial charge on any atom is 0.264 e. The Hall–Kier alpha value is -3.03. The second kappa shape index (κ2) is 11.2. The summed E-state index contributed by atoms with van der Waals surface area (Å²) in [6.45, 7) is 3.49. The van der Waals surface area contributed by atoms with Crippen LogP contribution >= 0.6 is 11.6 Å². The molecule has 0 spiro atoms. The Morgan fingerprint density at radius 2 is 1.76 bits per heavy atom. The molecule has 1 atom stereocenters. The minimum absolute atomic E-state index is 0.000812. The monoisotopic (exact) mass is 535 g/mol. The highest BCUT2D eigenvalue weighted by molar-refractivity contribution is 7.85. The number of hydrogen-bond donors (Lipinski definition) is 1. The molecule has 0 aliphatic carbocycles. The van der Waals surface area contributed by atoms with Crippen molar-refractivity contribution < 1.29 is 17.7 Å². The first kappa shape index (κ1) is 27.0. The van der Waals surface area contributed by atoms with E-state index in [4.69, 9.17) is 15.8 Å². The Bertz CT molecular complexity index is 1540. The Kier molecular flexibility index (Phi) is 8.14. The quantitative estimate of drug-likeness (QED) is 0.245. The van der Waals surface area contributed by atoms with Gasteiger partial charge in [-0.1, -0.05) is 78.3 Å².